The predicted octanol–water partition coefficient (Wildman–Crippen LogP) is 2.91. The van der Waals surface area contributed by atoms with Gasteiger partial charge < -0.3 is 9.80 Å². The molecule has 1 unspecified atom stereocenters. The van der Waals surface area contributed by atoms with E-state index in [4.69, 9.17) is 0 Å². The topological polar surface area (TPSA) is 86.4 Å². The molecule has 0 aliphatic carbocycles. The van der Waals surface area contributed by atoms with Crippen LogP contribution in [0, 0.1) is 12.8 Å². The summed E-state index contributed by atoms with van der Waals surface area (Å²) < 4.78 is 0. The van der Waals surface area contributed by atoms with Crippen molar-refractivity contribution in [1.29, 1.82) is 0 Å². The molecule has 1 saturated heterocycles. The lowest BCUT2D eigenvalue weighted by Gasteiger charge is -2.23. The van der Waals surface area contributed by atoms with Crippen LogP contribution in [0.4, 0.5) is 0 Å². The van der Waals surface area contributed by atoms with E-state index in [0.717, 1.165) is 16.7 Å². The number of aryl methyl sites for hydroxylation is 1. The summed E-state index contributed by atoms with van der Waals surface area (Å²) in [7, 11) is 0. The second-order valence-corrected chi connectivity index (χ2v) is 8.44. The van der Waals surface area contributed by atoms with Gasteiger partial charge in [-0.1, -0.05) is 54.1 Å². The fourth-order valence-electron chi connectivity index (χ4n) is 4.26. The molecular weight excluding hydrogens is 416 g/mol. The number of amides is 2. The molecule has 170 valence electrons. The van der Waals surface area contributed by atoms with Gasteiger partial charge in [0, 0.05) is 32.2 Å². The Morgan fingerprint density at radius 3 is 2.48 bits per heavy atom. The number of likely N-dealkylation sites (N-methyl/N-ethyl adjacent to an activating group) is 1. The second kappa shape index (κ2) is 9.81. The lowest BCUT2D eigenvalue weighted by Crippen LogP contribution is -2.38. The number of nitrogens with zero attached hydrogens (tertiary/aromatic N) is 3. The fourth-order valence-corrected chi connectivity index (χ4v) is 4.26. The molecule has 3 aromatic rings. The van der Waals surface area contributed by atoms with Gasteiger partial charge in [0.2, 0.25) is 5.91 Å². The molecule has 33 heavy (non-hydrogen) atoms. The smallest absolute Gasteiger partial charge is 0.274 e. The van der Waals surface area contributed by atoms with Gasteiger partial charge in [0.05, 0.1) is 5.92 Å². The molecule has 0 spiro atoms. The third kappa shape index (κ3) is 5.19. The molecule has 2 amide bonds. The summed E-state index contributed by atoms with van der Waals surface area (Å²) in [5.41, 5.74) is 4.37. The summed E-state index contributed by atoms with van der Waals surface area (Å²) in [6.45, 7) is 5.85. The normalized spacial score (nSPS) is 16.5. The van der Waals surface area contributed by atoms with Crippen LogP contribution in [0.5, 0.6) is 0 Å². The van der Waals surface area contributed by atoms with Crippen LogP contribution in [0.2, 0.25) is 0 Å². The van der Waals surface area contributed by atoms with Crippen molar-refractivity contribution in [1.82, 2.24) is 20.0 Å². The molecule has 1 N–H and O–H groups in total. The van der Waals surface area contributed by atoms with E-state index in [-0.39, 0.29) is 29.0 Å². The van der Waals surface area contributed by atoms with Crippen LogP contribution in [-0.4, -0.2) is 58.0 Å². The minimum atomic E-state index is -0.360. The lowest BCUT2D eigenvalue weighted by molar-refractivity contribution is -0.134. The van der Waals surface area contributed by atoms with E-state index < -0.39 is 0 Å². The van der Waals surface area contributed by atoms with Crippen molar-refractivity contribution < 1.29 is 9.59 Å². The van der Waals surface area contributed by atoms with Crippen LogP contribution in [0.15, 0.2) is 65.5 Å². The minimum Gasteiger partial charge on any atom is -0.341 e. The average molecular weight is 445 g/mol. The van der Waals surface area contributed by atoms with E-state index in [1.807, 2.05) is 13.0 Å². The first kappa shape index (κ1) is 22.5. The molecule has 0 bridgehead atoms. The number of benzene rings is 2. The monoisotopic (exact) mass is 444 g/mol. The molecule has 7 nitrogen and oxygen atoms in total. The van der Waals surface area contributed by atoms with Gasteiger partial charge in [0.15, 0.2) is 0 Å². The number of aromatic amines is 1. The summed E-state index contributed by atoms with van der Waals surface area (Å²) in [4.78, 5) is 40.9. The number of hydrogen-bond donors (Lipinski definition) is 1. The van der Waals surface area contributed by atoms with Crippen LogP contribution in [0.3, 0.4) is 0 Å². The van der Waals surface area contributed by atoms with E-state index in [1.165, 1.54) is 17.7 Å². The molecule has 4 rings (SSSR count). The first-order valence-corrected chi connectivity index (χ1v) is 11.2. The van der Waals surface area contributed by atoms with Gasteiger partial charge in [-0.15, -0.1) is 0 Å². The van der Waals surface area contributed by atoms with Crippen molar-refractivity contribution in [2.45, 2.75) is 20.3 Å². The van der Waals surface area contributed by atoms with Gasteiger partial charge in [-0.05, 0) is 43.0 Å². The quantitative estimate of drug-likeness (QED) is 0.656. The number of nitrogens with one attached hydrogen (secondary N) is 1. The van der Waals surface area contributed by atoms with Gasteiger partial charge >= 0.3 is 0 Å². The SMILES string of the molecule is CCN1CCN(C(=O)c2ccc(=O)[nH]n2)CC(Cc2ccc(-c3cccc(C)c3)cc2)C1=O. The third-order valence-electron chi connectivity index (χ3n) is 6.10. The van der Waals surface area contributed by atoms with E-state index in [2.05, 4.69) is 59.6 Å². The molecule has 1 atom stereocenters. The van der Waals surface area contributed by atoms with Crippen molar-refractivity contribution in [2.75, 3.05) is 26.2 Å². The summed E-state index contributed by atoms with van der Waals surface area (Å²) >= 11 is 0. The maximum atomic E-state index is 13.2. The van der Waals surface area contributed by atoms with Crippen LogP contribution in [0.1, 0.15) is 28.5 Å². The lowest BCUT2D eigenvalue weighted by atomic mass is 9.95. The zero-order valence-corrected chi connectivity index (χ0v) is 19.0. The number of hydrogen-bond acceptors (Lipinski definition) is 4. The number of aromatic nitrogens is 2. The molecule has 0 saturated carbocycles. The largest absolute Gasteiger partial charge is 0.341 e. The molecule has 1 fully saturated rings. The molecule has 1 aliphatic rings. The number of carbonyl (C=O) groups excluding carboxylic acids is 2. The van der Waals surface area contributed by atoms with Gasteiger partial charge in [-0.2, -0.15) is 5.10 Å². The van der Waals surface area contributed by atoms with E-state index in [1.54, 1.807) is 9.80 Å². The van der Waals surface area contributed by atoms with Crippen molar-refractivity contribution >= 4 is 11.8 Å². The number of rotatable bonds is 5. The second-order valence-electron chi connectivity index (χ2n) is 8.44. The van der Waals surface area contributed by atoms with E-state index in [0.29, 0.717) is 32.6 Å². The van der Waals surface area contributed by atoms with Crippen molar-refractivity contribution in [3.8, 4) is 11.1 Å². The van der Waals surface area contributed by atoms with Crippen LogP contribution < -0.4 is 5.56 Å². The van der Waals surface area contributed by atoms with Crippen molar-refractivity contribution in [3.05, 3.63) is 87.8 Å². The summed E-state index contributed by atoms with van der Waals surface area (Å²) in [6.07, 6.45) is 0.548. The Morgan fingerprint density at radius 1 is 1.03 bits per heavy atom. The molecular formula is C26H28N4O3. The molecule has 2 heterocycles. The Labute approximate surface area is 193 Å². The highest BCUT2D eigenvalue weighted by Crippen LogP contribution is 2.23. The molecule has 1 aliphatic heterocycles. The van der Waals surface area contributed by atoms with Crippen LogP contribution in [-0.2, 0) is 11.2 Å². The Hall–Kier alpha value is -3.74. The first-order chi connectivity index (χ1) is 15.9. The third-order valence-corrected chi connectivity index (χ3v) is 6.10. The fraction of sp³-hybridized carbons (Fsp3) is 0.308. The van der Waals surface area contributed by atoms with E-state index in [9.17, 15) is 14.4 Å². The predicted molar refractivity (Wildman–Crippen MR) is 127 cm³/mol. The van der Waals surface area contributed by atoms with Gasteiger partial charge in [-0.25, -0.2) is 5.10 Å². The number of H-pyrrole nitrogens is 1. The van der Waals surface area contributed by atoms with Crippen molar-refractivity contribution in [2.24, 2.45) is 5.92 Å². The average Bonchev–Trinajstić information content (AvgIpc) is 2.98. The Morgan fingerprint density at radius 2 is 1.82 bits per heavy atom. The summed E-state index contributed by atoms with van der Waals surface area (Å²) in [5.74, 6) is -0.564. The van der Waals surface area contributed by atoms with Gasteiger partial charge in [0.1, 0.15) is 5.69 Å². The maximum absolute atomic E-state index is 13.2. The summed E-state index contributed by atoms with van der Waals surface area (Å²) in [6, 6.07) is 19.3. The highest BCUT2D eigenvalue weighted by Gasteiger charge is 2.32. The first-order valence-electron chi connectivity index (χ1n) is 11.2. The Bertz CT molecular complexity index is 1180. The summed E-state index contributed by atoms with van der Waals surface area (Å²) in [5, 5.41) is 6.18. The van der Waals surface area contributed by atoms with Crippen LogP contribution >= 0.6 is 0 Å². The Balaban J connectivity index is 1.53. The molecule has 7 heteroatoms. The van der Waals surface area contributed by atoms with Crippen LogP contribution in [0.25, 0.3) is 11.1 Å². The molecule has 0 radical (unpaired) electrons. The highest BCUT2D eigenvalue weighted by molar-refractivity contribution is 5.93. The standard InChI is InChI=1S/C26H28N4O3/c1-3-29-13-14-30(26(33)23-11-12-24(31)28-27-23)17-22(25(29)32)16-19-7-9-20(10-8-19)21-6-4-5-18(2)15-21/h4-12,15,22H,3,13-14,16-17H2,1-2H3,(H,28,31). The van der Waals surface area contributed by atoms with Crippen molar-refractivity contribution in [3.63, 3.8) is 0 Å². The van der Waals surface area contributed by atoms with Gasteiger partial charge in [0.25, 0.3) is 11.5 Å². The molecule has 1 aromatic heterocycles. The Kier molecular flexibility index (Phi) is 6.68. The molecule has 2 aromatic carbocycles. The minimum absolute atomic E-state index is 0.0602. The van der Waals surface area contributed by atoms with E-state index >= 15 is 0 Å². The zero-order valence-electron chi connectivity index (χ0n) is 19.0. The maximum Gasteiger partial charge on any atom is 0.274 e. The highest BCUT2D eigenvalue weighted by atomic mass is 16.2. The van der Waals surface area contributed by atoms with Gasteiger partial charge in [-0.3, -0.25) is 14.4 Å². The zero-order chi connectivity index (χ0) is 23.4. The number of carbonyl (C=O) groups is 2.